The van der Waals surface area contributed by atoms with Crippen LogP contribution in [-0.4, -0.2) is 6.09 Å². The summed E-state index contributed by atoms with van der Waals surface area (Å²) in [5.41, 5.74) is 1.53. The van der Waals surface area contributed by atoms with Crippen molar-refractivity contribution < 1.29 is 9.53 Å². The lowest BCUT2D eigenvalue weighted by Gasteiger charge is -2.04. The highest BCUT2D eigenvalue weighted by atomic mass is 35.5. The van der Waals surface area contributed by atoms with Crippen molar-refractivity contribution in [3.05, 3.63) is 35.9 Å². The number of hydrogen-bond acceptors (Lipinski definition) is 2. The van der Waals surface area contributed by atoms with Crippen LogP contribution >= 0.6 is 11.6 Å². The molecule has 0 aliphatic carbocycles. The van der Waals surface area contributed by atoms with Crippen LogP contribution in [0.15, 0.2) is 18.2 Å². The van der Waals surface area contributed by atoms with E-state index in [-0.39, 0.29) is 0 Å². The molecule has 1 amide bonds. The molecule has 69 valence electrons. The molecule has 0 saturated carbocycles. The summed E-state index contributed by atoms with van der Waals surface area (Å²) in [5.74, 6) is 0. The summed E-state index contributed by atoms with van der Waals surface area (Å²) >= 11 is 5.79. The summed E-state index contributed by atoms with van der Waals surface area (Å²) in [4.78, 5) is 10.7. The van der Waals surface area contributed by atoms with Gasteiger partial charge in [0.2, 0.25) is 0 Å². The summed E-state index contributed by atoms with van der Waals surface area (Å²) in [5, 5.41) is 3.14. The van der Waals surface area contributed by atoms with E-state index in [1.807, 2.05) is 6.92 Å². The van der Waals surface area contributed by atoms with Crippen LogP contribution in [0.5, 0.6) is 0 Å². The predicted octanol–water partition coefficient (Wildman–Crippen LogP) is 2.99. The van der Waals surface area contributed by atoms with Crippen LogP contribution in [0.2, 0.25) is 5.02 Å². The van der Waals surface area contributed by atoms with Gasteiger partial charge in [0.05, 0.1) is 0 Å². The Labute approximate surface area is 81.7 Å². The standard InChI is InChI=1S/C9H9ClNO2/c1-6-5-7(3-4-8(6)10)11-9(12)13-2/h3-5H,2H2,1H3,(H,11,12). The number of carbonyl (C=O) groups is 1. The van der Waals surface area contributed by atoms with E-state index in [4.69, 9.17) is 11.6 Å². The molecule has 0 aliphatic rings. The molecule has 0 spiro atoms. The number of benzene rings is 1. The lowest BCUT2D eigenvalue weighted by Crippen LogP contribution is -2.09. The molecule has 0 aliphatic heterocycles. The van der Waals surface area contributed by atoms with Gasteiger partial charge >= 0.3 is 6.09 Å². The van der Waals surface area contributed by atoms with Crippen LogP contribution in [0.1, 0.15) is 5.56 Å². The Hall–Kier alpha value is -1.22. The van der Waals surface area contributed by atoms with Crippen molar-refractivity contribution >= 4 is 23.4 Å². The first-order valence-electron chi connectivity index (χ1n) is 3.62. The van der Waals surface area contributed by atoms with E-state index in [1.54, 1.807) is 18.2 Å². The maximum absolute atomic E-state index is 10.7. The largest absolute Gasteiger partial charge is 0.446 e. The maximum atomic E-state index is 10.7. The van der Waals surface area contributed by atoms with E-state index >= 15 is 0 Å². The van der Waals surface area contributed by atoms with Gasteiger partial charge in [0.1, 0.15) is 7.11 Å². The Kier molecular flexibility index (Phi) is 3.14. The molecule has 1 aromatic rings. The summed E-state index contributed by atoms with van der Waals surface area (Å²) in [6, 6.07) is 5.14. The average Bonchev–Trinajstić information content (AvgIpc) is 2.11. The molecule has 0 bridgehead atoms. The lowest BCUT2D eigenvalue weighted by molar-refractivity contribution is 0.199. The van der Waals surface area contributed by atoms with Crippen molar-refractivity contribution in [1.82, 2.24) is 0 Å². The Morgan fingerprint density at radius 3 is 2.85 bits per heavy atom. The van der Waals surface area contributed by atoms with Gasteiger partial charge in [0.25, 0.3) is 0 Å². The van der Waals surface area contributed by atoms with Crippen molar-refractivity contribution in [3.63, 3.8) is 0 Å². The Morgan fingerprint density at radius 1 is 1.62 bits per heavy atom. The molecule has 1 radical (unpaired) electrons. The van der Waals surface area contributed by atoms with Gasteiger partial charge in [0, 0.05) is 10.7 Å². The first kappa shape index (κ1) is 9.86. The molecular formula is C9H9ClNO2. The van der Waals surface area contributed by atoms with E-state index in [9.17, 15) is 4.79 Å². The number of halogens is 1. The average molecular weight is 199 g/mol. The van der Waals surface area contributed by atoms with E-state index < -0.39 is 6.09 Å². The van der Waals surface area contributed by atoms with E-state index in [1.165, 1.54) is 0 Å². The second-order valence-electron chi connectivity index (χ2n) is 2.52. The van der Waals surface area contributed by atoms with E-state index in [2.05, 4.69) is 17.2 Å². The van der Waals surface area contributed by atoms with Gasteiger partial charge in [-0.25, -0.2) is 4.79 Å². The molecular weight excluding hydrogens is 190 g/mol. The topological polar surface area (TPSA) is 38.3 Å². The Bertz CT molecular complexity index is 325. The zero-order chi connectivity index (χ0) is 9.84. The number of nitrogens with one attached hydrogen (secondary N) is 1. The SMILES string of the molecule is [CH2]OC(=O)Nc1ccc(Cl)c(C)c1. The normalized spacial score (nSPS) is 9.46. The number of rotatable bonds is 1. The fourth-order valence-electron chi connectivity index (χ4n) is 0.876. The predicted molar refractivity (Wildman–Crippen MR) is 51.6 cm³/mol. The highest BCUT2D eigenvalue weighted by Gasteiger charge is 2.01. The van der Waals surface area contributed by atoms with Gasteiger partial charge in [-0.2, -0.15) is 0 Å². The number of anilines is 1. The summed E-state index contributed by atoms with van der Waals surface area (Å²) in [6.07, 6.45) is -0.596. The van der Waals surface area contributed by atoms with Crippen molar-refractivity contribution in [1.29, 1.82) is 0 Å². The molecule has 1 N–H and O–H groups in total. The van der Waals surface area contributed by atoms with Crippen LogP contribution in [0.4, 0.5) is 10.5 Å². The quantitative estimate of drug-likeness (QED) is 0.754. The summed E-state index contributed by atoms with van der Waals surface area (Å²) in [7, 11) is 2.98. The van der Waals surface area contributed by atoms with Crippen LogP contribution in [0.3, 0.4) is 0 Å². The Balaban J connectivity index is 2.79. The second kappa shape index (κ2) is 4.14. The van der Waals surface area contributed by atoms with Crippen molar-refractivity contribution in [2.45, 2.75) is 6.92 Å². The van der Waals surface area contributed by atoms with Gasteiger partial charge in [-0.3, -0.25) is 5.32 Å². The van der Waals surface area contributed by atoms with Crippen LogP contribution in [0.25, 0.3) is 0 Å². The van der Waals surface area contributed by atoms with Gasteiger partial charge in [0.15, 0.2) is 0 Å². The Morgan fingerprint density at radius 2 is 2.31 bits per heavy atom. The van der Waals surface area contributed by atoms with Crippen molar-refractivity contribution in [3.8, 4) is 0 Å². The molecule has 0 atom stereocenters. The third-order valence-electron chi connectivity index (χ3n) is 1.54. The summed E-state index contributed by atoms with van der Waals surface area (Å²) < 4.78 is 4.19. The zero-order valence-electron chi connectivity index (χ0n) is 7.13. The monoisotopic (exact) mass is 198 g/mol. The van der Waals surface area contributed by atoms with Gasteiger partial charge < -0.3 is 4.74 Å². The number of hydrogen-bond donors (Lipinski definition) is 1. The summed E-state index contributed by atoms with van der Waals surface area (Å²) in [6.45, 7) is 1.85. The highest BCUT2D eigenvalue weighted by Crippen LogP contribution is 2.19. The second-order valence-corrected chi connectivity index (χ2v) is 2.93. The molecule has 13 heavy (non-hydrogen) atoms. The fourth-order valence-corrected chi connectivity index (χ4v) is 0.994. The number of aryl methyl sites for hydroxylation is 1. The van der Waals surface area contributed by atoms with Crippen LogP contribution in [0, 0.1) is 14.0 Å². The molecule has 1 rings (SSSR count). The molecule has 3 nitrogen and oxygen atoms in total. The first-order valence-corrected chi connectivity index (χ1v) is 4.00. The lowest BCUT2D eigenvalue weighted by atomic mass is 10.2. The van der Waals surface area contributed by atoms with Crippen LogP contribution < -0.4 is 5.32 Å². The number of carbonyl (C=O) groups excluding carboxylic acids is 1. The van der Waals surface area contributed by atoms with E-state index in [0.29, 0.717) is 10.7 Å². The van der Waals surface area contributed by atoms with Gasteiger partial charge in [-0.05, 0) is 30.7 Å². The van der Waals surface area contributed by atoms with E-state index in [0.717, 1.165) is 5.56 Å². The van der Waals surface area contributed by atoms with Gasteiger partial charge in [-0.15, -0.1) is 0 Å². The van der Waals surface area contributed by atoms with Crippen molar-refractivity contribution in [2.75, 3.05) is 5.32 Å². The molecule has 0 unspecified atom stereocenters. The smallest absolute Gasteiger partial charge is 0.411 e. The number of amides is 1. The minimum Gasteiger partial charge on any atom is -0.446 e. The minimum absolute atomic E-state index is 0.596. The molecule has 0 fully saturated rings. The first-order chi connectivity index (χ1) is 6.13. The highest BCUT2D eigenvalue weighted by molar-refractivity contribution is 6.31. The molecule has 1 aromatic carbocycles. The van der Waals surface area contributed by atoms with Gasteiger partial charge in [-0.1, -0.05) is 11.6 Å². The molecule has 0 aromatic heterocycles. The fraction of sp³-hybridized carbons (Fsp3) is 0.111. The maximum Gasteiger partial charge on any atom is 0.411 e. The zero-order valence-corrected chi connectivity index (χ0v) is 7.89. The molecule has 4 heteroatoms. The van der Waals surface area contributed by atoms with Crippen molar-refractivity contribution in [2.24, 2.45) is 0 Å². The third kappa shape index (κ3) is 2.63. The van der Waals surface area contributed by atoms with Crippen LogP contribution in [-0.2, 0) is 4.74 Å². The molecule has 0 heterocycles. The number of ether oxygens (including phenoxy) is 1. The minimum atomic E-state index is -0.596. The third-order valence-corrected chi connectivity index (χ3v) is 1.96. The molecule has 0 saturated heterocycles.